The third-order valence-electron chi connectivity index (χ3n) is 3.33. The van der Waals surface area contributed by atoms with Crippen LogP contribution in [-0.4, -0.2) is 55.9 Å². The number of amides is 1. The Kier molecular flexibility index (Phi) is 8.52. The van der Waals surface area contributed by atoms with E-state index in [-0.39, 0.29) is 30.5 Å². The monoisotopic (exact) mass is 331 g/mol. The summed E-state index contributed by atoms with van der Waals surface area (Å²) >= 11 is 1.43. The van der Waals surface area contributed by atoms with Gasteiger partial charge in [0.15, 0.2) is 5.78 Å². The average Bonchev–Trinajstić information content (AvgIpc) is 3.00. The second-order valence-corrected chi connectivity index (χ2v) is 5.79. The first-order valence-electron chi connectivity index (χ1n) is 7.02. The van der Waals surface area contributed by atoms with Crippen LogP contribution in [0.15, 0.2) is 17.5 Å². The maximum Gasteiger partial charge on any atom is 0.220 e. The van der Waals surface area contributed by atoms with Crippen molar-refractivity contribution in [3.63, 3.8) is 0 Å². The molecule has 21 heavy (non-hydrogen) atoms. The lowest BCUT2D eigenvalue weighted by atomic mass is 10.2. The zero-order valence-corrected chi connectivity index (χ0v) is 13.6. The number of Topliss-reactive ketones (excluding diaryl/α,β-unsaturated/α-hetero) is 1. The lowest BCUT2D eigenvalue weighted by Gasteiger charge is -2.27. The van der Waals surface area contributed by atoms with Crippen molar-refractivity contribution in [3.05, 3.63) is 22.4 Å². The summed E-state index contributed by atoms with van der Waals surface area (Å²) in [5.41, 5.74) is 0. The van der Waals surface area contributed by atoms with Gasteiger partial charge in [0.25, 0.3) is 0 Å². The molecule has 1 fully saturated rings. The fourth-order valence-electron chi connectivity index (χ4n) is 2.16. The Balaban J connectivity index is 0.00000220. The second-order valence-electron chi connectivity index (χ2n) is 4.84. The van der Waals surface area contributed by atoms with Crippen LogP contribution in [0.2, 0.25) is 0 Å². The van der Waals surface area contributed by atoms with Crippen molar-refractivity contribution < 1.29 is 9.59 Å². The second kappa shape index (κ2) is 9.89. The summed E-state index contributed by atoms with van der Waals surface area (Å²) in [6.45, 7) is 5.64. The smallest absolute Gasteiger partial charge is 0.220 e. The van der Waals surface area contributed by atoms with Gasteiger partial charge in [0, 0.05) is 52.1 Å². The Labute approximate surface area is 135 Å². The van der Waals surface area contributed by atoms with Gasteiger partial charge in [-0.15, -0.1) is 23.7 Å². The molecule has 0 bridgehead atoms. The number of hydrogen-bond acceptors (Lipinski definition) is 5. The van der Waals surface area contributed by atoms with E-state index in [1.807, 2.05) is 11.4 Å². The molecule has 2 N–H and O–H groups in total. The quantitative estimate of drug-likeness (QED) is 0.736. The molecule has 0 aliphatic carbocycles. The maximum atomic E-state index is 11.7. The summed E-state index contributed by atoms with van der Waals surface area (Å²) in [7, 11) is 0. The van der Waals surface area contributed by atoms with E-state index in [0.29, 0.717) is 13.0 Å². The molecule has 118 valence electrons. The van der Waals surface area contributed by atoms with Gasteiger partial charge in [0.05, 0.1) is 4.88 Å². The number of rotatable bonds is 7. The van der Waals surface area contributed by atoms with Crippen molar-refractivity contribution >= 4 is 35.4 Å². The third kappa shape index (κ3) is 6.56. The normalized spacial score (nSPS) is 15.2. The molecule has 0 atom stereocenters. The molecule has 1 aromatic heterocycles. The fraction of sp³-hybridized carbons (Fsp3) is 0.571. The molecule has 0 radical (unpaired) electrons. The number of halogens is 1. The standard InChI is InChI=1S/C14H21N3O2S.ClH/c18-12(13-2-1-11-20-13)3-4-14(19)16-7-10-17-8-5-15-6-9-17;/h1-2,11,15H,3-10H2,(H,16,19);1H. The fourth-order valence-corrected chi connectivity index (χ4v) is 2.86. The van der Waals surface area contributed by atoms with E-state index in [4.69, 9.17) is 0 Å². The number of thiophene rings is 1. The van der Waals surface area contributed by atoms with Gasteiger partial charge < -0.3 is 10.6 Å². The molecule has 1 aliphatic heterocycles. The van der Waals surface area contributed by atoms with E-state index in [1.165, 1.54) is 11.3 Å². The highest BCUT2D eigenvalue weighted by molar-refractivity contribution is 7.12. The summed E-state index contributed by atoms with van der Waals surface area (Å²) < 4.78 is 0. The minimum atomic E-state index is -0.0370. The summed E-state index contributed by atoms with van der Waals surface area (Å²) in [5, 5.41) is 8.05. The molecule has 2 heterocycles. The molecule has 5 nitrogen and oxygen atoms in total. The highest BCUT2D eigenvalue weighted by atomic mass is 35.5. The molecular weight excluding hydrogens is 310 g/mol. The van der Waals surface area contributed by atoms with Gasteiger partial charge in [-0.05, 0) is 11.4 Å². The number of piperazine rings is 1. The molecular formula is C14H22ClN3O2S. The molecule has 2 rings (SSSR count). The van der Waals surface area contributed by atoms with Crippen LogP contribution in [0, 0.1) is 0 Å². The number of carbonyl (C=O) groups is 2. The Hall–Kier alpha value is -0.950. The maximum absolute atomic E-state index is 11.7. The number of hydrogen-bond donors (Lipinski definition) is 2. The predicted octanol–water partition coefficient (Wildman–Crippen LogP) is 1.15. The van der Waals surface area contributed by atoms with Crippen LogP contribution >= 0.6 is 23.7 Å². The van der Waals surface area contributed by atoms with Crippen molar-refractivity contribution in [2.45, 2.75) is 12.8 Å². The zero-order chi connectivity index (χ0) is 14.2. The number of carbonyl (C=O) groups excluding carboxylic acids is 2. The molecule has 1 aliphatic rings. The van der Waals surface area contributed by atoms with Crippen molar-refractivity contribution in [2.75, 3.05) is 39.3 Å². The van der Waals surface area contributed by atoms with Gasteiger partial charge in [-0.1, -0.05) is 6.07 Å². The van der Waals surface area contributed by atoms with Crippen molar-refractivity contribution in [1.82, 2.24) is 15.5 Å². The van der Waals surface area contributed by atoms with Gasteiger partial charge in [-0.3, -0.25) is 14.5 Å². The third-order valence-corrected chi connectivity index (χ3v) is 4.25. The van der Waals surface area contributed by atoms with Crippen LogP contribution in [0.1, 0.15) is 22.5 Å². The topological polar surface area (TPSA) is 61.4 Å². The van der Waals surface area contributed by atoms with E-state index < -0.39 is 0 Å². The largest absolute Gasteiger partial charge is 0.355 e. The number of nitrogens with zero attached hydrogens (tertiary/aromatic N) is 1. The molecule has 1 amide bonds. The molecule has 1 saturated heterocycles. The van der Waals surface area contributed by atoms with Gasteiger partial charge >= 0.3 is 0 Å². The minimum Gasteiger partial charge on any atom is -0.355 e. The summed E-state index contributed by atoms with van der Waals surface area (Å²) in [4.78, 5) is 26.5. The van der Waals surface area contributed by atoms with Crippen molar-refractivity contribution in [1.29, 1.82) is 0 Å². The predicted molar refractivity (Wildman–Crippen MR) is 87.5 cm³/mol. The Morgan fingerprint density at radius 1 is 1.29 bits per heavy atom. The van der Waals surface area contributed by atoms with Crippen LogP contribution in [0.25, 0.3) is 0 Å². The Morgan fingerprint density at radius 2 is 2.05 bits per heavy atom. The van der Waals surface area contributed by atoms with E-state index in [1.54, 1.807) is 6.07 Å². The SMILES string of the molecule is Cl.O=C(CCC(=O)c1cccs1)NCCN1CCNCC1. The lowest BCUT2D eigenvalue weighted by molar-refractivity contribution is -0.121. The first-order valence-corrected chi connectivity index (χ1v) is 7.90. The van der Waals surface area contributed by atoms with E-state index >= 15 is 0 Å². The molecule has 1 aromatic rings. The highest BCUT2D eigenvalue weighted by Crippen LogP contribution is 2.12. The van der Waals surface area contributed by atoms with Crippen molar-refractivity contribution in [2.24, 2.45) is 0 Å². The summed E-state index contributed by atoms with van der Waals surface area (Å²) in [6.07, 6.45) is 0.568. The molecule has 0 spiro atoms. The van der Waals surface area contributed by atoms with Crippen LogP contribution in [0.4, 0.5) is 0 Å². The zero-order valence-electron chi connectivity index (χ0n) is 12.0. The van der Waals surface area contributed by atoms with Gasteiger partial charge in [0.1, 0.15) is 0 Å². The summed E-state index contributed by atoms with van der Waals surface area (Å²) in [6, 6.07) is 3.65. The van der Waals surface area contributed by atoms with Crippen LogP contribution in [0.3, 0.4) is 0 Å². The molecule has 0 saturated carbocycles. The van der Waals surface area contributed by atoms with Crippen molar-refractivity contribution in [3.8, 4) is 0 Å². The van der Waals surface area contributed by atoms with Crippen LogP contribution in [-0.2, 0) is 4.79 Å². The number of nitrogens with one attached hydrogen (secondary N) is 2. The van der Waals surface area contributed by atoms with Gasteiger partial charge in [-0.25, -0.2) is 0 Å². The van der Waals surface area contributed by atoms with E-state index in [9.17, 15) is 9.59 Å². The Bertz CT molecular complexity index is 433. The molecule has 0 unspecified atom stereocenters. The minimum absolute atomic E-state index is 0. The van der Waals surface area contributed by atoms with Gasteiger partial charge in [0.2, 0.25) is 5.91 Å². The molecule has 7 heteroatoms. The van der Waals surface area contributed by atoms with Crippen LogP contribution < -0.4 is 10.6 Å². The first kappa shape index (κ1) is 18.1. The van der Waals surface area contributed by atoms with Gasteiger partial charge in [-0.2, -0.15) is 0 Å². The van der Waals surface area contributed by atoms with E-state index in [0.717, 1.165) is 37.6 Å². The average molecular weight is 332 g/mol. The highest BCUT2D eigenvalue weighted by Gasteiger charge is 2.11. The van der Waals surface area contributed by atoms with E-state index in [2.05, 4.69) is 15.5 Å². The molecule has 0 aromatic carbocycles. The summed E-state index contributed by atoms with van der Waals surface area (Å²) in [5.74, 6) is 0.0160. The Morgan fingerprint density at radius 3 is 2.71 bits per heavy atom. The lowest BCUT2D eigenvalue weighted by Crippen LogP contribution is -2.46. The first-order chi connectivity index (χ1) is 9.75. The number of ketones is 1. The van der Waals surface area contributed by atoms with Crippen LogP contribution in [0.5, 0.6) is 0 Å².